The van der Waals surface area contributed by atoms with Gasteiger partial charge in [-0.2, -0.15) is 0 Å². The molecule has 0 radical (unpaired) electrons. The summed E-state index contributed by atoms with van der Waals surface area (Å²) in [7, 11) is 0. The maximum absolute atomic E-state index is 7.47. The molecule has 0 aromatic carbocycles. The van der Waals surface area contributed by atoms with E-state index in [1.165, 1.54) is 5.57 Å². The molecule has 1 heteroatoms. The molecule has 2 unspecified atom stereocenters. The van der Waals surface area contributed by atoms with E-state index >= 15 is 0 Å². The molecule has 50 valence electrons. The summed E-state index contributed by atoms with van der Waals surface area (Å²) in [6.07, 6.45) is 5.18. The van der Waals surface area contributed by atoms with Crippen molar-refractivity contribution in [3.63, 3.8) is 0 Å². The van der Waals surface area contributed by atoms with Crippen LogP contribution in [0.4, 0.5) is 0 Å². The first-order chi connectivity index (χ1) is 4.20. The minimum absolute atomic E-state index is 0. The Kier molecular flexibility index (Phi) is 3.86. The summed E-state index contributed by atoms with van der Waals surface area (Å²) in [6, 6.07) is 0. The molecule has 0 aromatic rings. The predicted molar refractivity (Wildman–Crippen MR) is 36.5 cm³/mol. The zero-order chi connectivity index (χ0) is 6.85. The van der Waals surface area contributed by atoms with Crippen LogP contribution in [0.25, 0.3) is 0 Å². The van der Waals surface area contributed by atoms with E-state index in [1.54, 1.807) is 0 Å². The van der Waals surface area contributed by atoms with Gasteiger partial charge in [0, 0.05) is 32.5 Å². The monoisotopic (exact) mass is 349 g/mol. The van der Waals surface area contributed by atoms with Crippen molar-refractivity contribution in [2.75, 3.05) is 0 Å². The zero-order valence-corrected chi connectivity index (χ0v) is 10.2. The zero-order valence-electron chi connectivity index (χ0n) is 7.02. The van der Waals surface area contributed by atoms with Crippen LogP contribution in [0, 0.1) is 43.5 Å². The van der Waals surface area contributed by atoms with Crippen molar-refractivity contribution in [2.45, 2.75) is 26.7 Å². The van der Waals surface area contributed by atoms with Crippen LogP contribution in [-0.4, -0.2) is 0 Å². The molecule has 1 rings (SSSR count). The Labute approximate surface area is 82.9 Å². The van der Waals surface area contributed by atoms with Crippen LogP contribution in [0.2, 0.25) is 0 Å². The summed E-state index contributed by atoms with van der Waals surface area (Å²) in [4.78, 5) is 0. The first-order valence-electron chi connectivity index (χ1n) is 3.71. The number of allylic oxidation sites excluding steroid dienone is 2. The minimum Gasteiger partial charge on any atom is -0.230 e. The van der Waals surface area contributed by atoms with Crippen molar-refractivity contribution in [1.29, 1.82) is 0 Å². The van der Waals surface area contributed by atoms with E-state index in [0.29, 0.717) is 5.92 Å². The van der Waals surface area contributed by atoms with Crippen LogP contribution >= 0.6 is 0 Å². The molecular formula is C8H13U-. The van der Waals surface area contributed by atoms with Crippen molar-refractivity contribution >= 4 is 0 Å². The van der Waals surface area contributed by atoms with Crippen LogP contribution in [0.5, 0.6) is 0 Å². The van der Waals surface area contributed by atoms with Crippen molar-refractivity contribution in [2.24, 2.45) is 5.92 Å². The van der Waals surface area contributed by atoms with Crippen molar-refractivity contribution in [3.05, 3.63) is 18.1 Å². The standard InChI is InChI=1S/C8H13.U/c1-7-4-3-5-8(2)6-7;/h3-4,8H,5-6H2,1-2H3;/q-1;/i5T;. The van der Waals surface area contributed by atoms with Gasteiger partial charge < -0.3 is 0 Å². The van der Waals surface area contributed by atoms with Gasteiger partial charge in [-0.15, -0.1) is 6.92 Å². The number of rotatable bonds is 0. The second-order valence-corrected chi connectivity index (χ2v) is 2.58. The van der Waals surface area contributed by atoms with Gasteiger partial charge in [-0.05, 0) is 0 Å². The van der Waals surface area contributed by atoms with E-state index in [4.69, 9.17) is 1.37 Å². The summed E-state index contributed by atoms with van der Waals surface area (Å²) in [5.41, 5.74) is 1.41. The van der Waals surface area contributed by atoms with Gasteiger partial charge in [0.05, 0.1) is 0 Å². The van der Waals surface area contributed by atoms with Crippen molar-refractivity contribution in [1.82, 2.24) is 0 Å². The summed E-state index contributed by atoms with van der Waals surface area (Å²) >= 11 is 0. The van der Waals surface area contributed by atoms with Crippen LogP contribution in [-0.2, 0) is 0 Å². The Bertz CT molecular complexity index is 131. The van der Waals surface area contributed by atoms with Crippen LogP contribution in [0.3, 0.4) is 0 Å². The van der Waals surface area contributed by atoms with Crippen molar-refractivity contribution < 1.29 is 32.5 Å². The average molecular weight is 349 g/mol. The van der Waals surface area contributed by atoms with E-state index in [2.05, 4.69) is 19.9 Å². The summed E-state index contributed by atoms with van der Waals surface area (Å²) in [5, 5.41) is 0. The van der Waals surface area contributed by atoms with Gasteiger partial charge in [-0.25, -0.2) is 18.1 Å². The molecule has 0 amide bonds. The molecule has 1 aliphatic carbocycles. The fourth-order valence-corrected chi connectivity index (χ4v) is 1.05. The largest absolute Gasteiger partial charge is 0.230 e. The minimum atomic E-state index is 0. The van der Waals surface area contributed by atoms with Gasteiger partial charge in [0.15, 0.2) is 0 Å². The van der Waals surface area contributed by atoms with E-state index < -0.39 is 0 Å². The third kappa shape index (κ3) is 3.38. The molecular weight excluding hydrogens is 334 g/mol. The van der Waals surface area contributed by atoms with Gasteiger partial charge in [-0.3, -0.25) is 0 Å². The fraction of sp³-hybridized carbons (Fsp3) is 0.625. The molecule has 0 aliphatic heterocycles. The SMILES string of the molecule is [3H]C1[CH-]C=C(C)CC1C.[U]. The Hall–Kier alpha value is 0.662. The molecule has 0 heterocycles. The Morgan fingerprint density at radius 3 is 3.00 bits per heavy atom. The first kappa shape index (κ1) is 7.77. The molecule has 9 heavy (non-hydrogen) atoms. The maximum atomic E-state index is 7.47. The first-order valence-corrected chi connectivity index (χ1v) is 3.13. The third-order valence-electron chi connectivity index (χ3n) is 1.46. The summed E-state index contributed by atoms with van der Waals surface area (Å²) in [6.45, 7) is 4.25. The Morgan fingerprint density at radius 1 is 1.89 bits per heavy atom. The smallest absolute Gasteiger partial charge is 0.0114 e. The quantitative estimate of drug-likeness (QED) is 0.590. The van der Waals surface area contributed by atoms with E-state index in [0.717, 1.165) is 6.42 Å². The van der Waals surface area contributed by atoms with Gasteiger partial charge >= 0.3 is 0 Å². The van der Waals surface area contributed by atoms with Gasteiger partial charge in [-0.1, -0.05) is 25.7 Å². The molecule has 0 spiro atoms. The van der Waals surface area contributed by atoms with Crippen LogP contribution in [0.15, 0.2) is 11.6 Å². The summed E-state index contributed by atoms with van der Waals surface area (Å²) in [5.74, 6) is 0.523. The van der Waals surface area contributed by atoms with E-state index in [1.807, 2.05) is 6.42 Å². The molecule has 0 N–H and O–H groups in total. The second-order valence-electron chi connectivity index (χ2n) is 2.58. The molecule has 0 bridgehead atoms. The van der Waals surface area contributed by atoms with Gasteiger partial charge in [0.2, 0.25) is 0 Å². The number of hydrogen-bond donors (Lipinski definition) is 0. The molecule has 0 saturated heterocycles. The third-order valence-corrected chi connectivity index (χ3v) is 1.46. The normalized spacial score (nSPS) is 35.3. The van der Waals surface area contributed by atoms with E-state index in [9.17, 15) is 0 Å². The fourth-order valence-electron chi connectivity index (χ4n) is 1.05. The molecule has 0 aromatic heterocycles. The molecule has 0 saturated carbocycles. The topological polar surface area (TPSA) is 0 Å². The molecule has 2 atom stereocenters. The average Bonchev–Trinajstić information content (AvgIpc) is 1.80. The Balaban J connectivity index is 0.000000810. The van der Waals surface area contributed by atoms with Crippen molar-refractivity contribution in [3.8, 4) is 0 Å². The molecule has 0 nitrogen and oxygen atoms in total. The van der Waals surface area contributed by atoms with Crippen LogP contribution in [0.1, 0.15) is 28.0 Å². The molecule has 1 aliphatic rings. The summed E-state index contributed by atoms with van der Waals surface area (Å²) < 4.78 is 7.47. The van der Waals surface area contributed by atoms with Crippen LogP contribution < -0.4 is 0 Å². The van der Waals surface area contributed by atoms with Gasteiger partial charge in [0.25, 0.3) is 0 Å². The van der Waals surface area contributed by atoms with Gasteiger partial charge in [0.1, 0.15) is 0 Å². The van der Waals surface area contributed by atoms with E-state index in [-0.39, 0.29) is 37.5 Å². The predicted octanol–water partition coefficient (Wildman–Crippen LogP) is 2.57. The Morgan fingerprint density at radius 2 is 2.56 bits per heavy atom. The maximum Gasteiger partial charge on any atom is 0.0114 e. The second kappa shape index (κ2) is 4.47. The molecule has 0 fully saturated rings. The number of hydrogen-bond acceptors (Lipinski definition) is 0.